The van der Waals surface area contributed by atoms with Gasteiger partial charge in [-0.1, -0.05) is 18.2 Å². The van der Waals surface area contributed by atoms with Crippen molar-refractivity contribution >= 4 is 0 Å². The first-order chi connectivity index (χ1) is 8.35. The van der Waals surface area contributed by atoms with Crippen molar-refractivity contribution in [3.05, 3.63) is 29.8 Å². The Labute approximate surface area is 109 Å². The number of hydrogen-bond acceptors (Lipinski definition) is 3. The summed E-state index contributed by atoms with van der Waals surface area (Å²) < 4.78 is 11.7. The molecule has 2 atom stereocenters. The Morgan fingerprint density at radius 2 is 2.11 bits per heavy atom. The summed E-state index contributed by atoms with van der Waals surface area (Å²) in [6.45, 7) is 6.27. The summed E-state index contributed by atoms with van der Waals surface area (Å²) in [6, 6.07) is 8.06. The zero-order valence-electron chi connectivity index (χ0n) is 11.7. The van der Waals surface area contributed by atoms with E-state index in [-0.39, 0.29) is 17.2 Å². The van der Waals surface area contributed by atoms with Gasteiger partial charge < -0.3 is 15.2 Å². The normalized spacial score (nSPS) is 27.5. The van der Waals surface area contributed by atoms with Crippen LogP contribution in [-0.4, -0.2) is 18.3 Å². The summed E-state index contributed by atoms with van der Waals surface area (Å²) in [5, 5.41) is 0. The lowest BCUT2D eigenvalue weighted by molar-refractivity contribution is -0.0580. The molecule has 0 amide bonds. The Bertz CT molecular complexity index is 430. The van der Waals surface area contributed by atoms with Gasteiger partial charge in [-0.15, -0.1) is 0 Å². The van der Waals surface area contributed by atoms with E-state index in [1.807, 2.05) is 24.3 Å². The van der Waals surface area contributed by atoms with Crippen molar-refractivity contribution in [2.24, 2.45) is 5.73 Å². The van der Waals surface area contributed by atoms with Crippen molar-refractivity contribution in [3.8, 4) is 5.75 Å². The molecule has 0 aliphatic carbocycles. The van der Waals surface area contributed by atoms with E-state index in [1.54, 1.807) is 7.11 Å². The van der Waals surface area contributed by atoms with Gasteiger partial charge in [-0.2, -0.15) is 0 Å². The Morgan fingerprint density at radius 1 is 1.44 bits per heavy atom. The van der Waals surface area contributed by atoms with Gasteiger partial charge in [-0.05, 0) is 26.8 Å². The smallest absolute Gasteiger partial charge is 0.124 e. The molecular weight excluding hydrogens is 226 g/mol. The fourth-order valence-corrected chi connectivity index (χ4v) is 2.84. The maximum atomic E-state index is 6.26. The minimum absolute atomic E-state index is 0.0348. The van der Waals surface area contributed by atoms with E-state index in [0.29, 0.717) is 0 Å². The number of para-hydroxylation sites is 1. The van der Waals surface area contributed by atoms with E-state index in [1.165, 1.54) is 0 Å². The van der Waals surface area contributed by atoms with Crippen LogP contribution in [-0.2, 0) is 4.74 Å². The summed E-state index contributed by atoms with van der Waals surface area (Å²) in [4.78, 5) is 0. The molecule has 2 unspecified atom stereocenters. The molecule has 18 heavy (non-hydrogen) atoms. The Balaban J connectivity index is 2.24. The van der Waals surface area contributed by atoms with Gasteiger partial charge in [0, 0.05) is 31.6 Å². The van der Waals surface area contributed by atoms with Crippen LogP contribution in [0.1, 0.15) is 45.2 Å². The van der Waals surface area contributed by atoms with Crippen molar-refractivity contribution < 1.29 is 9.47 Å². The van der Waals surface area contributed by atoms with Crippen LogP contribution in [0.25, 0.3) is 0 Å². The molecule has 0 saturated heterocycles. The zero-order chi connectivity index (χ0) is 13.4. The molecule has 1 aromatic rings. The van der Waals surface area contributed by atoms with Gasteiger partial charge in [0.25, 0.3) is 0 Å². The fraction of sp³-hybridized carbons (Fsp3) is 0.600. The number of nitrogens with two attached hydrogens (primary N) is 1. The predicted octanol–water partition coefficient (Wildman–Crippen LogP) is 3.04. The highest BCUT2D eigenvalue weighted by Crippen LogP contribution is 2.41. The molecule has 0 aromatic heterocycles. The zero-order valence-corrected chi connectivity index (χ0v) is 11.7. The summed E-state index contributed by atoms with van der Waals surface area (Å²) in [5.74, 6) is 0.908. The predicted molar refractivity (Wildman–Crippen MR) is 72.7 cm³/mol. The van der Waals surface area contributed by atoms with E-state index < -0.39 is 0 Å². The van der Waals surface area contributed by atoms with Crippen LogP contribution in [0, 0.1) is 0 Å². The molecule has 2 N–H and O–H groups in total. The number of hydrogen-bond donors (Lipinski definition) is 1. The van der Waals surface area contributed by atoms with E-state index in [2.05, 4.69) is 20.8 Å². The topological polar surface area (TPSA) is 44.5 Å². The fourth-order valence-electron chi connectivity index (χ4n) is 2.84. The van der Waals surface area contributed by atoms with Crippen LogP contribution in [0.3, 0.4) is 0 Å². The molecule has 2 rings (SSSR count). The van der Waals surface area contributed by atoms with Gasteiger partial charge >= 0.3 is 0 Å². The van der Waals surface area contributed by atoms with E-state index in [4.69, 9.17) is 15.2 Å². The first kappa shape index (κ1) is 13.4. The highest BCUT2D eigenvalue weighted by atomic mass is 16.5. The van der Waals surface area contributed by atoms with Gasteiger partial charge in [0.05, 0.1) is 5.60 Å². The van der Waals surface area contributed by atoms with Crippen molar-refractivity contribution in [2.45, 2.75) is 50.9 Å². The molecule has 0 bridgehead atoms. The maximum absolute atomic E-state index is 6.26. The Kier molecular flexibility index (Phi) is 3.39. The SMILES string of the molecule is COC(C)(C)CC1(C)CC(N)c2ccccc2O1. The second-order valence-electron chi connectivity index (χ2n) is 6.04. The number of benzene rings is 1. The quantitative estimate of drug-likeness (QED) is 0.895. The van der Waals surface area contributed by atoms with Gasteiger partial charge in [0.2, 0.25) is 0 Å². The van der Waals surface area contributed by atoms with Crippen molar-refractivity contribution in [2.75, 3.05) is 7.11 Å². The standard InChI is InChI=1S/C15H23NO2/c1-14(2,17-4)10-15(3)9-12(16)11-7-5-6-8-13(11)18-15/h5-8,12H,9-10,16H2,1-4H3. The van der Waals surface area contributed by atoms with Crippen molar-refractivity contribution in [1.29, 1.82) is 0 Å². The summed E-state index contributed by atoms with van der Waals surface area (Å²) in [7, 11) is 1.74. The molecule has 3 heteroatoms. The van der Waals surface area contributed by atoms with Gasteiger partial charge in [-0.25, -0.2) is 0 Å². The lowest BCUT2D eigenvalue weighted by Gasteiger charge is -2.42. The van der Waals surface area contributed by atoms with Gasteiger partial charge in [0.1, 0.15) is 11.4 Å². The third-order valence-corrected chi connectivity index (χ3v) is 3.68. The molecule has 0 radical (unpaired) electrons. The maximum Gasteiger partial charge on any atom is 0.124 e. The van der Waals surface area contributed by atoms with Crippen LogP contribution >= 0.6 is 0 Å². The number of fused-ring (bicyclic) bond motifs is 1. The third kappa shape index (κ3) is 2.68. The largest absolute Gasteiger partial charge is 0.487 e. The monoisotopic (exact) mass is 249 g/mol. The Hall–Kier alpha value is -1.06. The minimum atomic E-state index is -0.271. The van der Waals surface area contributed by atoms with Gasteiger partial charge in [-0.3, -0.25) is 0 Å². The molecule has 1 aliphatic heterocycles. The first-order valence-corrected chi connectivity index (χ1v) is 6.44. The highest BCUT2D eigenvalue weighted by Gasteiger charge is 2.40. The van der Waals surface area contributed by atoms with Crippen LogP contribution < -0.4 is 10.5 Å². The second kappa shape index (κ2) is 4.56. The van der Waals surface area contributed by atoms with Crippen LogP contribution in [0.4, 0.5) is 0 Å². The third-order valence-electron chi connectivity index (χ3n) is 3.68. The number of ether oxygens (including phenoxy) is 2. The molecule has 0 fully saturated rings. The van der Waals surface area contributed by atoms with Gasteiger partial charge in [0.15, 0.2) is 0 Å². The van der Waals surface area contributed by atoms with Crippen LogP contribution in [0.2, 0.25) is 0 Å². The molecular formula is C15H23NO2. The molecule has 0 saturated carbocycles. The minimum Gasteiger partial charge on any atom is -0.487 e. The molecule has 3 nitrogen and oxygen atoms in total. The average Bonchev–Trinajstić information content (AvgIpc) is 2.27. The van der Waals surface area contributed by atoms with E-state index >= 15 is 0 Å². The first-order valence-electron chi connectivity index (χ1n) is 6.44. The molecule has 0 spiro atoms. The lowest BCUT2D eigenvalue weighted by Crippen LogP contribution is -2.45. The second-order valence-corrected chi connectivity index (χ2v) is 6.04. The van der Waals surface area contributed by atoms with E-state index in [9.17, 15) is 0 Å². The van der Waals surface area contributed by atoms with Crippen LogP contribution in [0.5, 0.6) is 5.75 Å². The number of rotatable bonds is 3. The van der Waals surface area contributed by atoms with Crippen LogP contribution in [0.15, 0.2) is 24.3 Å². The lowest BCUT2D eigenvalue weighted by atomic mass is 9.82. The van der Waals surface area contributed by atoms with Crippen molar-refractivity contribution in [3.63, 3.8) is 0 Å². The summed E-state index contributed by atoms with van der Waals surface area (Å²) in [5.41, 5.74) is 6.89. The highest BCUT2D eigenvalue weighted by molar-refractivity contribution is 5.38. The average molecular weight is 249 g/mol. The summed E-state index contributed by atoms with van der Waals surface area (Å²) >= 11 is 0. The molecule has 100 valence electrons. The molecule has 1 aromatic carbocycles. The molecule has 1 aliphatic rings. The summed E-state index contributed by atoms with van der Waals surface area (Å²) in [6.07, 6.45) is 1.63. The molecule has 1 heterocycles. The Morgan fingerprint density at radius 3 is 2.78 bits per heavy atom. The number of methoxy groups -OCH3 is 1. The van der Waals surface area contributed by atoms with Crippen molar-refractivity contribution in [1.82, 2.24) is 0 Å². The van der Waals surface area contributed by atoms with E-state index in [0.717, 1.165) is 24.2 Å².